The van der Waals surface area contributed by atoms with Gasteiger partial charge in [-0.2, -0.15) is 0 Å². The normalized spacial score (nSPS) is 11.7. The zero-order valence-electron chi connectivity index (χ0n) is 16.5. The molecule has 0 aliphatic rings. The van der Waals surface area contributed by atoms with Crippen LogP contribution in [0.4, 0.5) is 0 Å². The molecular formula is C18H20Na2O6S2. The fourth-order valence-corrected chi connectivity index (χ4v) is 2.91. The molecule has 0 heterocycles. The van der Waals surface area contributed by atoms with Crippen molar-refractivity contribution in [3.05, 3.63) is 66.2 Å². The van der Waals surface area contributed by atoms with Crippen molar-refractivity contribution < 1.29 is 85.1 Å². The number of hydrogen-bond donors (Lipinski definition) is 0. The average molecular weight is 442 g/mol. The molecule has 2 aromatic rings. The average Bonchev–Trinajstić information content (AvgIpc) is 2.60. The summed E-state index contributed by atoms with van der Waals surface area (Å²) in [6.45, 7) is 7.61. The second kappa shape index (κ2) is 13.3. The SMILES string of the molecule is C=Cc1ccc(S(=O)(=O)[O-])cc1.CCC(C)c1ccc(S(=O)(=O)[O-])cc1.[Na+].[Na+]. The molecular weight excluding hydrogens is 422 g/mol. The summed E-state index contributed by atoms with van der Waals surface area (Å²) < 4.78 is 63.2. The number of rotatable bonds is 5. The van der Waals surface area contributed by atoms with Gasteiger partial charge in [0.1, 0.15) is 20.2 Å². The molecule has 2 aromatic carbocycles. The molecule has 0 aliphatic heterocycles. The van der Waals surface area contributed by atoms with Crippen LogP contribution in [0.1, 0.15) is 37.3 Å². The summed E-state index contributed by atoms with van der Waals surface area (Å²) in [5, 5.41) is 0. The van der Waals surface area contributed by atoms with Crippen molar-refractivity contribution in [1.82, 2.24) is 0 Å². The van der Waals surface area contributed by atoms with Crippen LogP contribution >= 0.6 is 0 Å². The Bertz CT molecular complexity index is 939. The monoisotopic (exact) mass is 442 g/mol. The van der Waals surface area contributed by atoms with Gasteiger partial charge in [-0.1, -0.05) is 50.8 Å². The summed E-state index contributed by atoms with van der Waals surface area (Å²) in [6, 6.07) is 11.7. The summed E-state index contributed by atoms with van der Waals surface area (Å²) in [5.41, 5.74) is 1.84. The van der Waals surface area contributed by atoms with Crippen LogP contribution in [0.5, 0.6) is 0 Å². The predicted octanol–water partition coefficient (Wildman–Crippen LogP) is -2.65. The van der Waals surface area contributed by atoms with Gasteiger partial charge >= 0.3 is 59.1 Å². The first-order valence-corrected chi connectivity index (χ1v) is 10.5. The molecule has 0 aromatic heterocycles. The molecule has 6 nitrogen and oxygen atoms in total. The van der Waals surface area contributed by atoms with E-state index in [1.807, 2.05) is 0 Å². The van der Waals surface area contributed by atoms with Crippen molar-refractivity contribution in [2.75, 3.05) is 0 Å². The first-order chi connectivity index (χ1) is 12.0. The summed E-state index contributed by atoms with van der Waals surface area (Å²) in [7, 11) is -8.61. The zero-order valence-corrected chi connectivity index (χ0v) is 22.1. The molecule has 1 unspecified atom stereocenters. The Labute approximate surface area is 211 Å². The van der Waals surface area contributed by atoms with Crippen LogP contribution in [0.15, 0.2) is 64.9 Å². The van der Waals surface area contributed by atoms with Crippen molar-refractivity contribution in [2.45, 2.75) is 36.0 Å². The summed E-state index contributed by atoms with van der Waals surface area (Å²) in [5.74, 6) is 0.387. The van der Waals surface area contributed by atoms with E-state index < -0.39 is 20.2 Å². The molecule has 0 bridgehead atoms. The topological polar surface area (TPSA) is 114 Å². The van der Waals surface area contributed by atoms with Crippen LogP contribution in [0, 0.1) is 0 Å². The molecule has 28 heavy (non-hydrogen) atoms. The number of benzene rings is 2. The molecule has 10 heteroatoms. The summed E-state index contributed by atoms with van der Waals surface area (Å²) in [4.78, 5) is -0.377. The predicted molar refractivity (Wildman–Crippen MR) is 97.6 cm³/mol. The van der Waals surface area contributed by atoms with E-state index in [0.717, 1.165) is 17.5 Å². The van der Waals surface area contributed by atoms with E-state index in [1.165, 1.54) is 36.4 Å². The van der Waals surface area contributed by atoms with E-state index in [-0.39, 0.29) is 68.9 Å². The minimum absolute atomic E-state index is 0. The Hall–Kier alpha value is 0.000000000000000888. The zero-order chi connectivity index (χ0) is 20.0. The van der Waals surface area contributed by atoms with Crippen molar-refractivity contribution in [1.29, 1.82) is 0 Å². The maximum atomic E-state index is 10.6. The smallest absolute Gasteiger partial charge is 0.744 e. The maximum absolute atomic E-state index is 10.6. The molecule has 0 fully saturated rings. The summed E-state index contributed by atoms with van der Waals surface area (Å²) in [6.07, 6.45) is 2.56. The first-order valence-electron chi connectivity index (χ1n) is 7.73. The second-order valence-corrected chi connectivity index (χ2v) is 8.32. The first kappa shape index (κ1) is 30.2. The molecule has 0 N–H and O–H groups in total. The van der Waals surface area contributed by atoms with Gasteiger partial charge in [-0.25, -0.2) is 16.8 Å². The van der Waals surface area contributed by atoms with Gasteiger partial charge in [-0.3, -0.25) is 0 Å². The number of hydrogen-bond acceptors (Lipinski definition) is 6. The minimum Gasteiger partial charge on any atom is -0.744 e. The Morgan fingerprint density at radius 1 is 0.857 bits per heavy atom. The fourth-order valence-electron chi connectivity index (χ4n) is 1.97. The van der Waals surface area contributed by atoms with Gasteiger partial charge in [0.15, 0.2) is 0 Å². The van der Waals surface area contributed by atoms with Crippen LogP contribution in [0.25, 0.3) is 6.08 Å². The van der Waals surface area contributed by atoms with Gasteiger partial charge in [0.05, 0.1) is 9.79 Å². The van der Waals surface area contributed by atoms with Gasteiger partial charge in [-0.15, -0.1) is 0 Å². The van der Waals surface area contributed by atoms with Crippen molar-refractivity contribution in [2.24, 2.45) is 0 Å². The third kappa shape index (κ3) is 10.2. The molecule has 0 aliphatic carbocycles. The molecule has 0 radical (unpaired) electrons. The van der Waals surface area contributed by atoms with Crippen LogP contribution in [-0.4, -0.2) is 25.9 Å². The Morgan fingerprint density at radius 2 is 1.21 bits per heavy atom. The van der Waals surface area contributed by atoms with E-state index >= 15 is 0 Å². The van der Waals surface area contributed by atoms with Crippen molar-refractivity contribution in [3.8, 4) is 0 Å². The van der Waals surface area contributed by atoms with Gasteiger partial charge < -0.3 is 9.11 Å². The van der Waals surface area contributed by atoms with Gasteiger partial charge in [0.2, 0.25) is 0 Å². The van der Waals surface area contributed by atoms with E-state index in [2.05, 4.69) is 20.4 Å². The van der Waals surface area contributed by atoms with Crippen LogP contribution in [0.2, 0.25) is 0 Å². The van der Waals surface area contributed by atoms with E-state index in [4.69, 9.17) is 0 Å². The van der Waals surface area contributed by atoms with E-state index in [0.29, 0.717) is 5.92 Å². The quantitative estimate of drug-likeness (QED) is 0.369. The van der Waals surface area contributed by atoms with Gasteiger partial charge in [0.25, 0.3) is 0 Å². The Balaban J connectivity index is 0. The molecule has 0 saturated carbocycles. The Kier molecular flexibility index (Phi) is 14.4. The third-order valence-corrected chi connectivity index (χ3v) is 5.45. The van der Waals surface area contributed by atoms with E-state index in [9.17, 15) is 25.9 Å². The molecule has 0 amide bonds. The molecule has 0 saturated heterocycles. The Morgan fingerprint density at radius 3 is 1.50 bits per heavy atom. The maximum Gasteiger partial charge on any atom is 1.00 e. The van der Waals surface area contributed by atoms with E-state index in [1.54, 1.807) is 18.2 Å². The van der Waals surface area contributed by atoms with Gasteiger partial charge in [0, 0.05) is 0 Å². The van der Waals surface area contributed by atoms with Gasteiger partial charge in [-0.05, 0) is 47.7 Å². The molecule has 0 spiro atoms. The summed E-state index contributed by atoms with van der Waals surface area (Å²) >= 11 is 0. The second-order valence-electron chi connectivity index (χ2n) is 5.56. The van der Waals surface area contributed by atoms with Crippen LogP contribution in [0.3, 0.4) is 0 Å². The van der Waals surface area contributed by atoms with Crippen molar-refractivity contribution in [3.63, 3.8) is 0 Å². The third-order valence-electron chi connectivity index (χ3n) is 3.75. The fraction of sp³-hybridized carbons (Fsp3) is 0.222. The van der Waals surface area contributed by atoms with Crippen LogP contribution in [-0.2, 0) is 20.2 Å². The molecule has 142 valence electrons. The molecule has 1 atom stereocenters. The molecule has 2 rings (SSSR count). The van der Waals surface area contributed by atoms with Crippen molar-refractivity contribution >= 4 is 26.3 Å². The minimum atomic E-state index is -4.31. The standard InChI is InChI=1S/C10H14O3S.C8H8O3S.2Na/c1-3-8(2)9-4-6-10(7-5-9)14(11,12)13;1-2-7-3-5-8(6-4-7)12(9,10)11;;/h4-8H,3H2,1-2H3,(H,11,12,13);2-6H,1H2,(H,9,10,11);;/q;;2*+1/p-2. The van der Waals surface area contributed by atoms with Crippen LogP contribution < -0.4 is 59.1 Å². The largest absolute Gasteiger partial charge is 1.00 e.